The Bertz CT molecular complexity index is 449. The van der Waals surface area contributed by atoms with Gasteiger partial charge in [-0.1, -0.05) is 6.07 Å². The van der Waals surface area contributed by atoms with Gasteiger partial charge in [-0.3, -0.25) is 5.10 Å². The number of aromatic nitrogens is 2. The van der Waals surface area contributed by atoms with Crippen molar-refractivity contribution in [2.45, 2.75) is 6.36 Å². The predicted molar refractivity (Wildman–Crippen MR) is 42.8 cm³/mol. The van der Waals surface area contributed by atoms with E-state index in [1.54, 1.807) is 6.07 Å². The zero-order valence-electron chi connectivity index (χ0n) is 6.80. The van der Waals surface area contributed by atoms with Crippen LogP contribution in [0.3, 0.4) is 0 Å². The molecule has 2 aromatic rings. The number of nitrogens with zero attached hydrogens (tertiary/aromatic N) is 1. The summed E-state index contributed by atoms with van der Waals surface area (Å²) in [5.74, 6) is -0.247. The molecule has 0 aliphatic rings. The molecule has 0 fully saturated rings. The number of hydrogen-bond acceptors (Lipinski definition) is 2. The van der Waals surface area contributed by atoms with Crippen molar-refractivity contribution < 1.29 is 17.9 Å². The summed E-state index contributed by atoms with van der Waals surface area (Å²) in [6.45, 7) is 0. The minimum atomic E-state index is -4.68. The third-order valence-electron chi connectivity index (χ3n) is 1.67. The molecular weight excluding hydrogens is 197 g/mol. The number of nitrogens with one attached hydrogen (secondary N) is 1. The standard InChI is InChI=1S/C8H5F3N2O/c9-8(10,11)14-7-3-1-2-6-5(7)4-12-13-6/h1-4H,(H,12,13). The molecule has 14 heavy (non-hydrogen) atoms. The Kier molecular flexibility index (Phi) is 1.83. The van der Waals surface area contributed by atoms with Gasteiger partial charge in [0.2, 0.25) is 0 Å². The summed E-state index contributed by atoms with van der Waals surface area (Å²) in [6, 6.07) is 4.32. The van der Waals surface area contributed by atoms with Crippen LogP contribution < -0.4 is 4.74 Å². The topological polar surface area (TPSA) is 37.9 Å². The van der Waals surface area contributed by atoms with Gasteiger partial charge in [-0.25, -0.2) is 0 Å². The average Bonchev–Trinajstić information content (AvgIpc) is 2.49. The Morgan fingerprint density at radius 3 is 2.79 bits per heavy atom. The molecular formula is C8H5F3N2O. The van der Waals surface area contributed by atoms with E-state index in [0.717, 1.165) is 0 Å². The van der Waals surface area contributed by atoms with E-state index in [-0.39, 0.29) is 5.75 Å². The van der Waals surface area contributed by atoms with Gasteiger partial charge in [0.15, 0.2) is 0 Å². The van der Waals surface area contributed by atoms with E-state index in [2.05, 4.69) is 14.9 Å². The Morgan fingerprint density at radius 1 is 1.29 bits per heavy atom. The van der Waals surface area contributed by atoms with Gasteiger partial charge in [0.1, 0.15) is 5.75 Å². The molecule has 74 valence electrons. The van der Waals surface area contributed by atoms with Gasteiger partial charge < -0.3 is 4.74 Å². The SMILES string of the molecule is FC(F)(F)Oc1cccc2[nH]ncc12. The van der Waals surface area contributed by atoms with Gasteiger partial charge in [0.05, 0.1) is 17.1 Å². The van der Waals surface area contributed by atoms with Crippen LogP contribution in [0.1, 0.15) is 0 Å². The first kappa shape index (κ1) is 8.86. The molecule has 0 saturated heterocycles. The van der Waals surface area contributed by atoms with Gasteiger partial charge in [0, 0.05) is 0 Å². The third-order valence-corrected chi connectivity index (χ3v) is 1.67. The second kappa shape index (κ2) is 2.90. The normalized spacial score (nSPS) is 11.9. The summed E-state index contributed by atoms with van der Waals surface area (Å²) < 4.78 is 39.6. The first-order chi connectivity index (χ1) is 6.56. The molecule has 1 N–H and O–H groups in total. The summed E-state index contributed by atoms with van der Waals surface area (Å²) >= 11 is 0. The van der Waals surface area contributed by atoms with Crippen LogP contribution in [0.4, 0.5) is 13.2 Å². The molecule has 3 nitrogen and oxygen atoms in total. The number of rotatable bonds is 1. The highest BCUT2D eigenvalue weighted by molar-refractivity contribution is 5.84. The average molecular weight is 202 g/mol. The molecule has 1 heterocycles. The lowest BCUT2D eigenvalue weighted by molar-refractivity contribution is -0.274. The van der Waals surface area contributed by atoms with Crippen LogP contribution in [0.5, 0.6) is 5.75 Å². The molecule has 0 unspecified atom stereocenters. The molecule has 1 aromatic heterocycles. The first-order valence-corrected chi connectivity index (χ1v) is 3.74. The number of benzene rings is 1. The Labute approximate surface area is 76.5 Å². The van der Waals surface area contributed by atoms with Crippen molar-refractivity contribution in [3.8, 4) is 5.75 Å². The zero-order valence-corrected chi connectivity index (χ0v) is 6.80. The monoisotopic (exact) mass is 202 g/mol. The Hall–Kier alpha value is -1.72. The summed E-state index contributed by atoms with van der Waals surface area (Å²) in [5.41, 5.74) is 0.506. The molecule has 0 atom stereocenters. The van der Waals surface area contributed by atoms with Gasteiger partial charge in [0.25, 0.3) is 0 Å². The van der Waals surface area contributed by atoms with E-state index in [1.165, 1.54) is 18.3 Å². The fourth-order valence-electron chi connectivity index (χ4n) is 1.15. The van der Waals surface area contributed by atoms with Crippen molar-refractivity contribution in [1.29, 1.82) is 0 Å². The summed E-state index contributed by atoms with van der Waals surface area (Å²) in [6.07, 6.45) is -3.39. The highest BCUT2D eigenvalue weighted by Gasteiger charge is 2.31. The third kappa shape index (κ3) is 1.63. The number of hydrogen-bond donors (Lipinski definition) is 1. The van der Waals surface area contributed by atoms with Crippen molar-refractivity contribution in [3.05, 3.63) is 24.4 Å². The van der Waals surface area contributed by atoms with Crippen molar-refractivity contribution in [1.82, 2.24) is 10.2 Å². The molecule has 0 saturated carbocycles. The van der Waals surface area contributed by atoms with Crippen LogP contribution in [0, 0.1) is 0 Å². The number of aromatic amines is 1. The van der Waals surface area contributed by atoms with E-state index >= 15 is 0 Å². The lowest BCUT2D eigenvalue weighted by Gasteiger charge is -2.08. The quantitative estimate of drug-likeness (QED) is 0.771. The molecule has 0 aliphatic heterocycles. The zero-order chi connectivity index (χ0) is 10.2. The van der Waals surface area contributed by atoms with Gasteiger partial charge in [-0.15, -0.1) is 13.2 Å². The van der Waals surface area contributed by atoms with Gasteiger partial charge in [-0.05, 0) is 12.1 Å². The fraction of sp³-hybridized carbons (Fsp3) is 0.125. The largest absolute Gasteiger partial charge is 0.573 e. The Balaban J connectivity index is 2.46. The van der Waals surface area contributed by atoms with E-state index in [0.29, 0.717) is 10.9 Å². The van der Waals surface area contributed by atoms with Crippen molar-refractivity contribution >= 4 is 10.9 Å². The minimum absolute atomic E-state index is 0.247. The number of alkyl halides is 3. The number of ether oxygens (including phenoxy) is 1. The molecule has 0 radical (unpaired) electrons. The van der Waals surface area contributed by atoms with Crippen molar-refractivity contribution in [2.75, 3.05) is 0 Å². The highest BCUT2D eigenvalue weighted by atomic mass is 19.4. The van der Waals surface area contributed by atoms with Crippen LogP contribution in [0.2, 0.25) is 0 Å². The van der Waals surface area contributed by atoms with Crippen LogP contribution in [-0.2, 0) is 0 Å². The highest BCUT2D eigenvalue weighted by Crippen LogP contribution is 2.28. The van der Waals surface area contributed by atoms with Gasteiger partial charge >= 0.3 is 6.36 Å². The minimum Gasteiger partial charge on any atom is -0.405 e. The van der Waals surface area contributed by atoms with Crippen LogP contribution in [-0.4, -0.2) is 16.6 Å². The van der Waals surface area contributed by atoms with E-state index in [1.807, 2.05) is 0 Å². The van der Waals surface area contributed by atoms with E-state index in [9.17, 15) is 13.2 Å². The first-order valence-electron chi connectivity index (χ1n) is 3.74. The maximum atomic E-state index is 11.9. The van der Waals surface area contributed by atoms with Gasteiger partial charge in [-0.2, -0.15) is 5.10 Å². The molecule has 0 spiro atoms. The summed E-state index contributed by atoms with van der Waals surface area (Å²) in [4.78, 5) is 0. The number of fused-ring (bicyclic) bond motifs is 1. The van der Waals surface area contributed by atoms with Crippen LogP contribution >= 0.6 is 0 Å². The molecule has 1 aromatic carbocycles. The maximum Gasteiger partial charge on any atom is 0.573 e. The lowest BCUT2D eigenvalue weighted by atomic mass is 10.2. The predicted octanol–water partition coefficient (Wildman–Crippen LogP) is 2.46. The molecule has 6 heteroatoms. The van der Waals surface area contributed by atoms with Crippen molar-refractivity contribution in [2.24, 2.45) is 0 Å². The lowest BCUT2D eigenvalue weighted by Crippen LogP contribution is -2.17. The van der Waals surface area contributed by atoms with E-state index < -0.39 is 6.36 Å². The maximum absolute atomic E-state index is 11.9. The second-order valence-corrected chi connectivity index (χ2v) is 2.64. The number of halogens is 3. The van der Waals surface area contributed by atoms with Crippen LogP contribution in [0.25, 0.3) is 10.9 Å². The smallest absolute Gasteiger partial charge is 0.405 e. The fourth-order valence-corrected chi connectivity index (χ4v) is 1.15. The molecule has 0 bridgehead atoms. The second-order valence-electron chi connectivity index (χ2n) is 2.64. The Morgan fingerprint density at radius 2 is 2.07 bits per heavy atom. The summed E-state index contributed by atoms with van der Waals surface area (Å²) in [7, 11) is 0. The summed E-state index contributed by atoms with van der Waals surface area (Å²) in [5, 5.41) is 6.48. The number of H-pyrrole nitrogens is 1. The molecule has 2 rings (SSSR count). The van der Waals surface area contributed by atoms with E-state index in [4.69, 9.17) is 0 Å². The molecule has 0 aliphatic carbocycles. The van der Waals surface area contributed by atoms with Crippen LogP contribution in [0.15, 0.2) is 24.4 Å². The molecule has 0 amide bonds. The van der Waals surface area contributed by atoms with Crippen molar-refractivity contribution in [3.63, 3.8) is 0 Å².